The lowest BCUT2D eigenvalue weighted by molar-refractivity contribution is -0.159. The fourth-order valence-electron chi connectivity index (χ4n) is 2.61. The van der Waals surface area contributed by atoms with Crippen molar-refractivity contribution < 1.29 is 24.2 Å². The first-order valence-electron chi connectivity index (χ1n) is 6.98. The number of carboxylic acid groups (broad SMARTS) is 1. The number of rotatable bonds is 4. The Morgan fingerprint density at radius 1 is 1.36 bits per heavy atom. The Morgan fingerprint density at radius 2 is 2.05 bits per heavy atom. The zero-order chi connectivity index (χ0) is 16.4. The molecule has 2 heterocycles. The first-order valence-corrected chi connectivity index (χ1v) is 6.98. The van der Waals surface area contributed by atoms with Gasteiger partial charge in [-0.2, -0.15) is 5.10 Å². The van der Waals surface area contributed by atoms with Crippen LogP contribution in [0.5, 0.6) is 0 Å². The van der Waals surface area contributed by atoms with Crippen molar-refractivity contribution in [1.82, 2.24) is 14.7 Å². The molecule has 8 nitrogen and oxygen atoms in total. The molecule has 0 aromatic carbocycles. The summed E-state index contributed by atoms with van der Waals surface area (Å²) in [5.41, 5.74) is 1.75. The van der Waals surface area contributed by atoms with Crippen molar-refractivity contribution >= 4 is 17.7 Å². The summed E-state index contributed by atoms with van der Waals surface area (Å²) in [4.78, 5) is 36.3. The number of Topliss-reactive ketones (excluding diaryl/α,β-unsaturated/α-hetero) is 1. The van der Waals surface area contributed by atoms with Crippen LogP contribution in [-0.2, 0) is 20.9 Å². The van der Waals surface area contributed by atoms with Crippen molar-refractivity contribution in [2.45, 2.75) is 33.4 Å². The number of carbonyl (C=O) groups excluding carboxylic acids is 2. The molecule has 0 saturated carbocycles. The van der Waals surface area contributed by atoms with Gasteiger partial charge in [0, 0.05) is 12.2 Å². The summed E-state index contributed by atoms with van der Waals surface area (Å²) in [5, 5.41) is 13.2. The number of amides is 1. The first kappa shape index (κ1) is 16.2. The third-order valence-corrected chi connectivity index (χ3v) is 3.71. The predicted molar refractivity (Wildman–Crippen MR) is 75.7 cm³/mol. The van der Waals surface area contributed by atoms with Gasteiger partial charge in [0.15, 0.2) is 11.9 Å². The molecule has 1 aromatic rings. The lowest BCUT2D eigenvalue weighted by Gasteiger charge is -2.30. The van der Waals surface area contributed by atoms with E-state index in [0.717, 1.165) is 0 Å². The molecular formula is C14H19N3O5. The maximum absolute atomic E-state index is 12.3. The van der Waals surface area contributed by atoms with Crippen LogP contribution in [0.25, 0.3) is 0 Å². The molecule has 1 saturated heterocycles. The SMILES string of the molecule is CC(=O)c1c(C)nn(CC(=O)N2CCO[C@@H](C(=O)O)C2)c1C. The van der Waals surface area contributed by atoms with E-state index in [1.54, 1.807) is 13.8 Å². The third kappa shape index (κ3) is 3.16. The van der Waals surface area contributed by atoms with Crippen molar-refractivity contribution in [3.05, 3.63) is 17.0 Å². The number of ketones is 1. The van der Waals surface area contributed by atoms with Gasteiger partial charge in [-0.05, 0) is 20.8 Å². The molecule has 1 aliphatic rings. The first-order chi connectivity index (χ1) is 10.3. The van der Waals surface area contributed by atoms with Gasteiger partial charge in [-0.3, -0.25) is 14.3 Å². The molecule has 0 bridgehead atoms. The van der Waals surface area contributed by atoms with E-state index in [-0.39, 0.29) is 31.4 Å². The molecule has 0 aliphatic carbocycles. The number of hydrogen-bond donors (Lipinski definition) is 1. The Labute approximate surface area is 127 Å². The lowest BCUT2D eigenvalue weighted by Crippen LogP contribution is -2.49. The normalized spacial score (nSPS) is 18.3. The highest BCUT2D eigenvalue weighted by molar-refractivity contribution is 5.96. The summed E-state index contributed by atoms with van der Waals surface area (Å²) in [6, 6.07) is 0. The second-order valence-electron chi connectivity index (χ2n) is 5.30. The molecule has 1 fully saturated rings. The molecule has 1 aromatic heterocycles. The number of aromatic nitrogens is 2. The van der Waals surface area contributed by atoms with Gasteiger partial charge >= 0.3 is 5.97 Å². The van der Waals surface area contributed by atoms with Crippen molar-refractivity contribution in [2.75, 3.05) is 19.7 Å². The number of carbonyl (C=O) groups is 3. The molecule has 0 unspecified atom stereocenters. The maximum Gasteiger partial charge on any atom is 0.334 e. The van der Waals surface area contributed by atoms with Crippen LogP contribution in [0, 0.1) is 13.8 Å². The highest BCUT2D eigenvalue weighted by atomic mass is 16.5. The van der Waals surface area contributed by atoms with E-state index >= 15 is 0 Å². The largest absolute Gasteiger partial charge is 0.479 e. The summed E-state index contributed by atoms with van der Waals surface area (Å²) >= 11 is 0. The van der Waals surface area contributed by atoms with Gasteiger partial charge in [0.2, 0.25) is 5.91 Å². The summed E-state index contributed by atoms with van der Waals surface area (Å²) in [7, 11) is 0. The average molecular weight is 309 g/mol. The third-order valence-electron chi connectivity index (χ3n) is 3.71. The fourth-order valence-corrected chi connectivity index (χ4v) is 2.61. The molecule has 1 N–H and O–H groups in total. The number of carboxylic acids is 1. The Morgan fingerprint density at radius 3 is 2.59 bits per heavy atom. The molecule has 8 heteroatoms. The van der Waals surface area contributed by atoms with Gasteiger partial charge in [-0.15, -0.1) is 0 Å². The van der Waals surface area contributed by atoms with Crippen LogP contribution < -0.4 is 0 Å². The Balaban J connectivity index is 2.11. The van der Waals surface area contributed by atoms with Crippen molar-refractivity contribution in [2.24, 2.45) is 0 Å². The van der Waals surface area contributed by atoms with Crippen LogP contribution in [0.2, 0.25) is 0 Å². The number of aliphatic carboxylic acids is 1. The minimum atomic E-state index is -1.08. The van der Waals surface area contributed by atoms with Crippen LogP contribution in [0.3, 0.4) is 0 Å². The van der Waals surface area contributed by atoms with Gasteiger partial charge in [0.1, 0.15) is 6.54 Å². The van der Waals surface area contributed by atoms with Crippen LogP contribution in [0.1, 0.15) is 28.7 Å². The van der Waals surface area contributed by atoms with E-state index in [4.69, 9.17) is 9.84 Å². The average Bonchev–Trinajstić information content (AvgIpc) is 2.73. The van der Waals surface area contributed by atoms with Crippen molar-refractivity contribution in [3.63, 3.8) is 0 Å². The smallest absolute Gasteiger partial charge is 0.334 e. The highest BCUT2D eigenvalue weighted by Crippen LogP contribution is 2.14. The molecule has 0 radical (unpaired) electrons. The quantitative estimate of drug-likeness (QED) is 0.786. The Bertz CT molecular complexity index is 622. The molecule has 0 spiro atoms. The van der Waals surface area contributed by atoms with E-state index in [9.17, 15) is 14.4 Å². The van der Waals surface area contributed by atoms with E-state index in [2.05, 4.69) is 5.10 Å². The van der Waals surface area contributed by atoms with Crippen LogP contribution >= 0.6 is 0 Å². The highest BCUT2D eigenvalue weighted by Gasteiger charge is 2.29. The van der Waals surface area contributed by atoms with E-state index in [1.807, 2.05) is 0 Å². The molecule has 22 heavy (non-hydrogen) atoms. The van der Waals surface area contributed by atoms with E-state index in [0.29, 0.717) is 23.5 Å². The topological polar surface area (TPSA) is 102 Å². The Hall–Kier alpha value is -2.22. The Kier molecular flexibility index (Phi) is 4.60. The zero-order valence-electron chi connectivity index (χ0n) is 12.8. The van der Waals surface area contributed by atoms with Gasteiger partial charge < -0.3 is 14.7 Å². The van der Waals surface area contributed by atoms with E-state index < -0.39 is 12.1 Å². The number of hydrogen-bond acceptors (Lipinski definition) is 5. The molecule has 1 atom stereocenters. The van der Waals surface area contributed by atoms with Crippen molar-refractivity contribution in [1.29, 1.82) is 0 Å². The van der Waals surface area contributed by atoms with Gasteiger partial charge in [0.05, 0.1) is 24.4 Å². The standard InChI is InChI=1S/C14H19N3O5/c1-8-13(10(3)18)9(2)17(15-8)7-12(19)16-4-5-22-11(6-16)14(20)21/h11H,4-7H2,1-3H3,(H,20,21)/t11-/m1/s1. The minimum absolute atomic E-state index is 0.0209. The zero-order valence-corrected chi connectivity index (χ0v) is 12.8. The van der Waals surface area contributed by atoms with E-state index in [1.165, 1.54) is 16.5 Å². The van der Waals surface area contributed by atoms with Crippen LogP contribution in [0.4, 0.5) is 0 Å². The maximum atomic E-state index is 12.3. The summed E-state index contributed by atoms with van der Waals surface area (Å²) in [6.45, 7) is 5.46. The van der Waals surface area contributed by atoms with Gasteiger partial charge in [-0.25, -0.2) is 4.79 Å². The fraction of sp³-hybridized carbons (Fsp3) is 0.571. The van der Waals surface area contributed by atoms with Crippen LogP contribution in [-0.4, -0.2) is 63.2 Å². The van der Waals surface area contributed by atoms with Gasteiger partial charge in [-0.1, -0.05) is 0 Å². The monoisotopic (exact) mass is 309 g/mol. The second kappa shape index (κ2) is 6.27. The number of morpholine rings is 1. The van der Waals surface area contributed by atoms with Crippen molar-refractivity contribution in [3.8, 4) is 0 Å². The number of nitrogens with zero attached hydrogens (tertiary/aromatic N) is 3. The lowest BCUT2D eigenvalue weighted by atomic mass is 10.1. The number of aryl methyl sites for hydroxylation is 1. The molecule has 1 amide bonds. The number of ether oxygens (including phenoxy) is 1. The summed E-state index contributed by atoms with van der Waals surface area (Å²) in [6.07, 6.45) is -0.995. The van der Waals surface area contributed by atoms with Gasteiger partial charge in [0.25, 0.3) is 0 Å². The molecule has 1 aliphatic heterocycles. The molecular weight excluding hydrogens is 290 g/mol. The minimum Gasteiger partial charge on any atom is -0.479 e. The van der Waals surface area contributed by atoms with Crippen LogP contribution in [0.15, 0.2) is 0 Å². The summed E-state index contributed by atoms with van der Waals surface area (Å²) in [5.74, 6) is -1.41. The molecule has 120 valence electrons. The second-order valence-corrected chi connectivity index (χ2v) is 5.30. The predicted octanol–water partition coefficient (Wildman–Crippen LogP) is 0.0145. The molecule has 2 rings (SSSR count). The summed E-state index contributed by atoms with van der Waals surface area (Å²) < 4.78 is 6.57.